The Morgan fingerprint density at radius 2 is 1.79 bits per heavy atom. The highest BCUT2D eigenvalue weighted by Gasteiger charge is 2.32. The normalized spacial score (nSPS) is 12.0. The van der Waals surface area contributed by atoms with Crippen molar-refractivity contribution in [2.24, 2.45) is 0 Å². The molecule has 0 saturated heterocycles. The third kappa shape index (κ3) is 6.24. The first-order chi connectivity index (χ1) is 15.3. The largest absolute Gasteiger partial charge is 0.465 e. The maximum absolute atomic E-state index is 13.2. The number of hydrogen-bond acceptors (Lipinski definition) is 4. The van der Waals surface area contributed by atoms with E-state index >= 15 is 0 Å². The average molecular weight is 476 g/mol. The first kappa shape index (κ1) is 24.1. The van der Waals surface area contributed by atoms with Gasteiger partial charge in [0.2, 0.25) is 0 Å². The molecular formula is C21H15F7N2O3. The second-order valence-corrected chi connectivity index (χ2v) is 6.88. The van der Waals surface area contributed by atoms with E-state index in [1.807, 2.05) is 0 Å². The molecular weight excluding hydrogens is 461 g/mol. The number of ether oxygens (including phenoxy) is 2. The van der Waals surface area contributed by atoms with Crippen molar-refractivity contribution in [2.75, 3.05) is 6.61 Å². The lowest BCUT2D eigenvalue weighted by Gasteiger charge is -2.17. The molecule has 12 heteroatoms. The number of halogens is 7. The molecule has 0 saturated carbocycles. The van der Waals surface area contributed by atoms with Crippen molar-refractivity contribution in [2.45, 2.75) is 25.8 Å². The number of pyridine rings is 1. The molecule has 33 heavy (non-hydrogen) atoms. The minimum Gasteiger partial charge on any atom is -0.465 e. The number of benzene rings is 2. The van der Waals surface area contributed by atoms with Crippen LogP contribution in [0.15, 0.2) is 42.5 Å². The van der Waals surface area contributed by atoms with E-state index in [0.717, 1.165) is 18.2 Å². The van der Waals surface area contributed by atoms with Gasteiger partial charge < -0.3 is 14.8 Å². The summed E-state index contributed by atoms with van der Waals surface area (Å²) >= 11 is 0. The van der Waals surface area contributed by atoms with E-state index < -0.39 is 48.1 Å². The molecule has 0 aliphatic heterocycles. The van der Waals surface area contributed by atoms with Crippen molar-refractivity contribution in [3.8, 4) is 11.6 Å². The SMILES string of the molecule is Cc1c(OC(=O)NCc2cccc(F)c2)c(OCC(F)(F)F)nc2cc(C(F)(F)F)ccc12. The summed E-state index contributed by atoms with van der Waals surface area (Å²) in [4.78, 5) is 15.9. The lowest BCUT2D eigenvalue weighted by Crippen LogP contribution is -2.27. The van der Waals surface area contributed by atoms with Crippen molar-refractivity contribution in [1.82, 2.24) is 10.3 Å². The maximum atomic E-state index is 13.2. The Kier molecular flexibility index (Phi) is 6.65. The summed E-state index contributed by atoms with van der Waals surface area (Å²) in [5, 5.41) is 2.40. The molecule has 0 spiro atoms. The van der Waals surface area contributed by atoms with Crippen molar-refractivity contribution < 1.29 is 45.0 Å². The number of amides is 1. The number of aromatic nitrogens is 1. The zero-order valence-electron chi connectivity index (χ0n) is 16.8. The lowest BCUT2D eigenvalue weighted by molar-refractivity contribution is -0.154. The summed E-state index contributed by atoms with van der Waals surface area (Å²) in [6, 6.07) is 7.75. The predicted molar refractivity (Wildman–Crippen MR) is 102 cm³/mol. The van der Waals surface area contributed by atoms with E-state index in [1.165, 1.54) is 25.1 Å². The van der Waals surface area contributed by atoms with Crippen LogP contribution in [0.2, 0.25) is 0 Å². The van der Waals surface area contributed by atoms with Gasteiger partial charge in [-0.2, -0.15) is 26.3 Å². The predicted octanol–water partition coefficient (Wildman–Crippen LogP) is 5.93. The van der Waals surface area contributed by atoms with Crippen LogP contribution < -0.4 is 14.8 Å². The molecule has 0 radical (unpaired) electrons. The summed E-state index contributed by atoms with van der Waals surface area (Å²) in [6.45, 7) is -0.650. The minimum atomic E-state index is -4.78. The molecule has 1 amide bonds. The molecule has 0 fully saturated rings. The van der Waals surface area contributed by atoms with Crippen molar-refractivity contribution in [1.29, 1.82) is 0 Å². The van der Waals surface area contributed by atoms with Gasteiger partial charge in [-0.1, -0.05) is 18.2 Å². The fourth-order valence-electron chi connectivity index (χ4n) is 2.88. The lowest BCUT2D eigenvalue weighted by atomic mass is 10.1. The van der Waals surface area contributed by atoms with Gasteiger partial charge in [0, 0.05) is 17.5 Å². The zero-order chi connectivity index (χ0) is 24.4. The number of hydrogen-bond donors (Lipinski definition) is 1. The Hall–Kier alpha value is -3.57. The maximum Gasteiger partial charge on any atom is 0.422 e. The van der Waals surface area contributed by atoms with Crippen molar-refractivity contribution in [3.05, 3.63) is 65.0 Å². The molecule has 5 nitrogen and oxygen atoms in total. The van der Waals surface area contributed by atoms with Gasteiger partial charge in [0.15, 0.2) is 12.4 Å². The Bertz CT molecular complexity index is 1180. The van der Waals surface area contributed by atoms with Crippen LogP contribution in [0, 0.1) is 12.7 Å². The highest BCUT2D eigenvalue weighted by molar-refractivity contribution is 5.87. The van der Waals surface area contributed by atoms with Gasteiger partial charge in [-0.3, -0.25) is 0 Å². The van der Waals surface area contributed by atoms with Crippen LogP contribution in [0.3, 0.4) is 0 Å². The Balaban J connectivity index is 1.93. The van der Waals surface area contributed by atoms with Crippen LogP contribution in [0.25, 0.3) is 10.9 Å². The van der Waals surface area contributed by atoms with E-state index in [0.29, 0.717) is 11.6 Å². The number of fused-ring (bicyclic) bond motifs is 1. The van der Waals surface area contributed by atoms with Crippen molar-refractivity contribution in [3.63, 3.8) is 0 Å². The number of carbonyl (C=O) groups is 1. The summed E-state index contributed by atoms with van der Waals surface area (Å²) in [6.07, 6.45) is -10.6. The molecule has 0 bridgehead atoms. The molecule has 0 aliphatic rings. The summed E-state index contributed by atoms with van der Waals surface area (Å²) in [5.74, 6) is -1.85. The molecule has 1 aromatic heterocycles. The molecule has 176 valence electrons. The van der Waals surface area contributed by atoms with Gasteiger partial charge in [0.1, 0.15) is 5.82 Å². The monoisotopic (exact) mass is 476 g/mol. The Morgan fingerprint density at radius 1 is 1.06 bits per heavy atom. The van der Waals surface area contributed by atoms with E-state index in [9.17, 15) is 35.5 Å². The average Bonchev–Trinajstić information content (AvgIpc) is 2.71. The molecule has 0 aliphatic carbocycles. The van der Waals surface area contributed by atoms with Gasteiger partial charge in [-0.15, -0.1) is 0 Å². The minimum absolute atomic E-state index is 0.0341. The Morgan fingerprint density at radius 3 is 2.42 bits per heavy atom. The number of aryl methyl sites for hydroxylation is 1. The van der Waals surface area contributed by atoms with Crippen molar-refractivity contribution >= 4 is 17.0 Å². The highest BCUT2D eigenvalue weighted by atomic mass is 19.4. The van der Waals surface area contributed by atoms with Crippen LogP contribution in [-0.2, 0) is 12.7 Å². The molecule has 3 aromatic rings. The number of carbonyl (C=O) groups excluding carboxylic acids is 1. The quantitative estimate of drug-likeness (QED) is 0.464. The number of nitrogens with zero attached hydrogens (tertiary/aromatic N) is 1. The summed E-state index contributed by atoms with van der Waals surface area (Å²) < 4.78 is 100.0. The highest BCUT2D eigenvalue weighted by Crippen LogP contribution is 2.38. The van der Waals surface area contributed by atoms with Gasteiger partial charge in [-0.05, 0) is 36.8 Å². The smallest absolute Gasteiger partial charge is 0.422 e. The molecule has 3 rings (SSSR count). The van der Waals surface area contributed by atoms with E-state index in [4.69, 9.17) is 4.74 Å². The van der Waals surface area contributed by atoms with Gasteiger partial charge in [0.05, 0.1) is 11.1 Å². The van der Waals surface area contributed by atoms with Crippen LogP contribution in [-0.4, -0.2) is 23.9 Å². The standard InChI is InChI=1S/C21H15F7N2O3/c1-11-15-6-5-13(21(26,27)28)8-16(15)30-18(32-10-20(23,24)25)17(11)33-19(31)29-9-12-3-2-4-14(22)7-12/h2-8H,9-10H2,1H3,(H,29,31). The van der Waals surface area contributed by atoms with E-state index in [2.05, 4.69) is 15.0 Å². The topological polar surface area (TPSA) is 60.5 Å². The molecule has 2 aromatic carbocycles. The first-order valence-electron chi connectivity index (χ1n) is 9.25. The van der Waals surface area contributed by atoms with E-state index in [1.54, 1.807) is 0 Å². The molecule has 0 unspecified atom stereocenters. The first-order valence-corrected chi connectivity index (χ1v) is 9.25. The molecule has 1 heterocycles. The summed E-state index contributed by atoms with van der Waals surface area (Å²) in [7, 11) is 0. The fourth-order valence-corrected chi connectivity index (χ4v) is 2.88. The van der Waals surface area contributed by atoms with Crippen LogP contribution in [0.4, 0.5) is 35.5 Å². The molecule has 1 N–H and O–H groups in total. The number of alkyl halides is 6. The molecule has 0 atom stereocenters. The number of nitrogens with one attached hydrogen (secondary N) is 1. The summed E-state index contributed by atoms with van der Waals surface area (Å²) in [5.41, 5.74) is -0.947. The zero-order valence-corrected chi connectivity index (χ0v) is 16.8. The van der Waals surface area contributed by atoms with Crippen LogP contribution in [0.1, 0.15) is 16.7 Å². The fraction of sp³-hybridized carbons (Fsp3) is 0.238. The second kappa shape index (κ2) is 9.12. The third-order valence-electron chi connectivity index (χ3n) is 4.38. The third-order valence-corrected chi connectivity index (χ3v) is 4.38. The van der Waals surface area contributed by atoms with Crippen LogP contribution >= 0.6 is 0 Å². The van der Waals surface area contributed by atoms with Crippen LogP contribution in [0.5, 0.6) is 11.6 Å². The Labute approximate surface area is 182 Å². The van der Waals surface area contributed by atoms with Gasteiger partial charge in [0.25, 0.3) is 5.88 Å². The van der Waals surface area contributed by atoms with E-state index in [-0.39, 0.29) is 23.0 Å². The van der Waals surface area contributed by atoms with Gasteiger partial charge >= 0.3 is 18.4 Å². The number of rotatable bonds is 5. The van der Waals surface area contributed by atoms with Gasteiger partial charge in [-0.25, -0.2) is 14.2 Å². The second-order valence-electron chi connectivity index (χ2n) is 6.88.